The van der Waals surface area contributed by atoms with E-state index in [4.69, 9.17) is 5.73 Å². The van der Waals surface area contributed by atoms with E-state index in [1.54, 1.807) is 12.1 Å². The standard InChI is InChI=1S/C14H24N2O2S/c1-12(2)11-13-5-7-14(8-6-13)19(17,18)16-10-4-3-9-15/h5-8,12,16H,3-4,9-11,15H2,1-2H3. The van der Waals surface area contributed by atoms with Crippen LogP contribution >= 0.6 is 0 Å². The molecule has 4 nitrogen and oxygen atoms in total. The molecule has 1 rings (SSSR count). The van der Waals surface area contributed by atoms with Gasteiger partial charge in [-0.25, -0.2) is 13.1 Å². The van der Waals surface area contributed by atoms with Gasteiger partial charge in [-0.15, -0.1) is 0 Å². The Kier molecular flexibility index (Phi) is 6.48. The largest absolute Gasteiger partial charge is 0.330 e. The summed E-state index contributed by atoms with van der Waals surface area (Å²) >= 11 is 0. The van der Waals surface area contributed by atoms with Crippen molar-refractivity contribution in [3.05, 3.63) is 29.8 Å². The van der Waals surface area contributed by atoms with Gasteiger partial charge < -0.3 is 5.73 Å². The van der Waals surface area contributed by atoms with Crippen LogP contribution < -0.4 is 10.5 Å². The van der Waals surface area contributed by atoms with Crippen LogP contribution in [0, 0.1) is 5.92 Å². The number of sulfonamides is 1. The quantitative estimate of drug-likeness (QED) is 0.716. The average molecular weight is 284 g/mol. The van der Waals surface area contributed by atoms with Crippen LogP contribution in [0.5, 0.6) is 0 Å². The molecule has 0 saturated carbocycles. The zero-order valence-corrected chi connectivity index (χ0v) is 12.5. The van der Waals surface area contributed by atoms with E-state index in [1.807, 2.05) is 12.1 Å². The molecule has 3 N–H and O–H groups in total. The van der Waals surface area contributed by atoms with Gasteiger partial charge in [0.15, 0.2) is 0 Å². The number of nitrogens with one attached hydrogen (secondary N) is 1. The van der Waals surface area contributed by atoms with Gasteiger partial charge in [-0.3, -0.25) is 0 Å². The van der Waals surface area contributed by atoms with E-state index < -0.39 is 10.0 Å². The summed E-state index contributed by atoms with van der Waals surface area (Å²) in [5.41, 5.74) is 6.53. The molecule has 1 aromatic carbocycles. The van der Waals surface area contributed by atoms with Crippen LogP contribution in [-0.4, -0.2) is 21.5 Å². The van der Waals surface area contributed by atoms with Gasteiger partial charge in [0.05, 0.1) is 4.90 Å². The van der Waals surface area contributed by atoms with Crippen LogP contribution in [0.15, 0.2) is 29.2 Å². The van der Waals surface area contributed by atoms with E-state index in [9.17, 15) is 8.42 Å². The molecule has 19 heavy (non-hydrogen) atoms. The van der Waals surface area contributed by atoms with Crippen molar-refractivity contribution in [3.63, 3.8) is 0 Å². The van der Waals surface area contributed by atoms with Gasteiger partial charge in [0.25, 0.3) is 0 Å². The maximum atomic E-state index is 12.0. The Morgan fingerprint density at radius 3 is 2.32 bits per heavy atom. The van der Waals surface area contributed by atoms with Gasteiger partial charge in [0, 0.05) is 6.54 Å². The van der Waals surface area contributed by atoms with Crippen molar-refractivity contribution >= 4 is 10.0 Å². The van der Waals surface area contributed by atoms with Crippen molar-refractivity contribution in [3.8, 4) is 0 Å². The fourth-order valence-corrected chi connectivity index (χ4v) is 2.91. The highest BCUT2D eigenvalue weighted by Crippen LogP contribution is 2.13. The lowest BCUT2D eigenvalue weighted by molar-refractivity contribution is 0.577. The highest BCUT2D eigenvalue weighted by Gasteiger charge is 2.12. The Labute approximate surface area is 116 Å². The Morgan fingerprint density at radius 2 is 1.79 bits per heavy atom. The Morgan fingerprint density at radius 1 is 1.16 bits per heavy atom. The molecule has 0 spiro atoms. The van der Waals surface area contributed by atoms with Crippen LogP contribution in [0.1, 0.15) is 32.3 Å². The minimum absolute atomic E-state index is 0.327. The molecule has 0 fully saturated rings. The van der Waals surface area contributed by atoms with Crippen molar-refractivity contribution in [2.24, 2.45) is 11.7 Å². The fourth-order valence-electron chi connectivity index (χ4n) is 1.84. The first-order valence-electron chi connectivity index (χ1n) is 6.74. The highest BCUT2D eigenvalue weighted by molar-refractivity contribution is 7.89. The van der Waals surface area contributed by atoms with Crippen LogP contribution in [0.4, 0.5) is 0 Å². The van der Waals surface area contributed by atoms with Gasteiger partial charge >= 0.3 is 0 Å². The smallest absolute Gasteiger partial charge is 0.240 e. The summed E-state index contributed by atoms with van der Waals surface area (Å²) in [6, 6.07) is 7.11. The molecule has 108 valence electrons. The maximum Gasteiger partial charge on any atom is 0.240 e. The first-order chi connectivity index (χ1) is 8.95. The summed E-state index contributed by atoms with van der Waals surface area (Å²) in [6.45, 7) is 5.31. The number of nitrogens with two attached hydrogens (primary N) is 1. The number of rotatable bonds is 8. The molecule has 1 aromatic rings. The average Bonchev–Trinajstić information content (AvgIpc) is 2.35. The summed E-state index contributed by atoms with van der Waals surface area (Å²) in [5.74, 6) is 0.567. The summed E-state index contributed by atoms with van der Waals surface area (Å²) in [7, 11) is -3.38. The molecule has 0 bridgehead atoms. The zero-order valence-electron chi connectivity index (χ0n) is 11.7. The molecule has 5 heteroatoms. The third-order valence-corrected chi connectivity index (χ3v) is 4.28. The molecule has 0 heterocycles. The molecular formula is C14H24N2O2S. The lowest BCUT2D eigenvalue weighted by atomic mass is 10.0. The predicted molar refractivity (Wildman–Crippen MR) is 78.5 cm³/mol. The Hall–Kier alpha value is -0.910. The Balaban J connectivity index is 2.63. The number of hydrogen-bond acceptors (Lipinski definition) is 3. The number of unbranched alkanes of at least 4 members (excludes halogenated alkanes) is 1. The SMILES string of the molecule is CC(C)Cc1ccc(S(=O)(=O)NCCCCN)cc1. The van der Waals surface area contributed by atoms with Crippen molar-refractivity contribution in [2.75, 3.05) is 13.1 Å². The van der Waals surface area contributed by atoms with E-state index in [1.165, 1.54) is 0 Å². The van der Waals surface area contributed by atoms with Crippen molar-refractivity contribution in [1.29, 1.82) is 0 Å². The third kappa shape index (κ3) is 5.72. The van der Waals surface area contributed by atoms with Crippen molar-refractivity contribution in [1.82, 2.24) is 4.72 Å². The lowest BCUT2D eigenvalue weighted by Gasteiger charge is -2.08. The maximum absolute atomic E-state index is 12.0. The predicted octanol–water partition coefficient (Wildman–Crippen LogP) is 1.90. The monoisotopic (exact) mass is 284 g/mol. The molecule has 0 saturated heterocycles. The third-order valence-electron chi connectivity index (χ3n) is 2.80. The minimum atomic E-state index is -3.38. The second kappa shape index (κ2) is 7.62. The van der Waals surface area contributed by atoms with E-state index >= 15 is 0 Å². The zero-order chi connectivity index (χ0) is 14.3. The van der Waals surface area contributed by atoms with Gasteiger partial charge in [-0.1, -0.05) is 26.0 Å². The normalized spacial score (nSPS) is 12.0. The second-order valence-corrected chi connectivity index (χ2v) is 6.90. The van der Waals surface area contributed by atoms with Crippen molar-refractivity contribution < 1.29 is 8.42 Å². The summed E-state index contributed by atoms with van der Waals surface area (Å²) < 4.78 is 26.6. The van der Waals surface area contributed by atoms with Gasteiger partial charge in [0.2, 0.25) is 10.0 Å². The molecule has 0 radical (unpaired) electrons. The summed E-state index contributed by atoms with van der Waals surface area (Å²) in [6.07, 6.45) is 2.56. The van der Waals surface area contributed by atoms with E-state index in [-0.39, 0.29) is 0 Å². The van der Waals surface area contributed by atoms with Crippen LogP contribution in [-0.2, 0) is 16.4 Å². The summed E-state index contributed by atoms with van der Waals surface area (Å²) in [5, 5.41) is 0. The van der Waals surface area contributed by atoms with Gasteiger partial charge in [-0.2, -0.15) is 0 Å². The number of hydrogen-bond donors (Lipinski definition) is 2. The highest BCUT2D eigenvalue weighted by atomic mass is 32.2. The van der Waals surface area contributed by atoms with E-state index in [0.717, 1.165) is 24.8 Å². The van der Waals surface area contributed by atoms with Crippen molar-refractivity contribution in [2.45, 2.75) is 38.0 Å². The fraction of sp³-hybridized carbons (Fsp3) is 0.571. The van der Waals surface area contributed by atoms with E-state index in [2.05, 4.69) is 18.6 Å². The van der Waals surface area contributed by atoms with Gasteiger partial charge in [0.1, 0.15) is 0 Å². The summed E-state index contributed by atoms with van der Waals surface area (Å²) in [4.78, 5) is 0.327. The lowest BCUT2D eigenvalue weighted by Crippen LogP contribution is -2.25. The molecule has 0 atom stereocenters. The second-order valence-electron chi connectivity index (χ2n) is 5.14. The molecule has 0 aromatic heterocycles. The first kappa shape index (κ1) is 16.1. The molecule has 0 aliphatic rings. The topological polar surface area (TPSA) is 72.2 Å². The molecule has 0 aliphatic carbocycles. The van der Waals surface area contributed by atoms with Crippen LogP contribution in [0.25, 0.3) is 0 Å². The van der Waals surface area contributed by atoms with Crippen LogP contribution in [0.3, 0.4) is 0 Å². The van der Waals surface area contributed by atoms with Gasteiger partial charge in [-0.05, 0) is 49.4 Å². The number of benzene rings is 1. The minimum Gasteiger partial charge on any atom is -0.330 e. The Bertz CT molecular complexity index is 467. The van der Waals surface area contributed by atoms with Crippen LogP contribution in [0.2, 0.25) is 0 Å². The first-order valence-corrected chi connectivity index (χ1v) is 8.22. The van der Waals surface area contributed by atoms with E-state index in [0.29, 0.717) is 23.9 Å². The molecule has 0 aliphatic heterocycles. The molecular weight excluding hydrogens is 260 g/mol. The molecule has 0 unspecified atom stereocenters. The molecule has 0 amide bonds.